The zero-order valence-electron chi connectivity index (χ0n) is 12.2. The fourth-order valence-electron chi connectivity index (χ4n) is 3.31. The third-order valence-electron chi connectivity index (χ3n) is 4.30. The van der Waals surface area contributed by atoms with E-state index in [-0.39, 0.29) is 11.3 Å². The molecule has 23 heavy (non-hydrogen) atoms. The molecule has 2 aliphatic rings. The molecule has 2 aromatic rings. The van der Waals surface area contributed by atoms with Gasteiger partial charge in [0.25, 0.3) is 0 Å². The highest BCUT2D eigenvalue weighted by Crippen LogP contribution is 2.40. The molecule has 2 N–H and O–H groups in total. The first kappa shape index (κ1) is 13.7. The van der Waals surface area contributed by atoms with Gasteiger partial charge in [0.05, 0.1) is 5.56 Å². The van der Waals surface area contributed by atoms with Crippen molar-refractivity contribution in [1.82, 2.24) is 14.8 Å². The molecule has 7 nitrogen and oxygen atoms in total. The summed E-state index contributed by atoms with van der Waals surface area (Å²) in [5, 5.41) is 16.9. The number of fused-ring (bicyclic) bond motifs is 1. The zero-order valence-corrected chi connectivity index (χ0v) is 12.2. The quantitative estimate of drug-likeness (QED) is 0.880. The second-order valence-electron chi connectivity index (χ2n) is 5.62. The third kappa shape index (κ3) is 2.04. The Balaban J connectivity index is 1.97. The molecule has 1 atom stereocenters. The number of nitrogens with zero attached hydrogens (tertiary/aromatic N) is 3. The Labute approximate surface area is 131 Å². The Kier molecular flexibility index (Phi) is 3.00. The molecule has 0 spiro atoms. The summed E-state index contributed by atoms with van der Waals surface area (Å²) in [4.78, 5) is 28.3. The van der Waals surface area contributed by atoms with Gasteiger partial charge in [-0.3, -0.25) is 4.79 Å². The molecular formula is C16H14N4O3. The number of hydrogen-bond acceptors (Lipinski definition) is 5. The number of nitrogens with one attached hydrogen (secondary N) is 1. The van der Waals surface area contributed by atoms with Crippen LogP contribution in [0.3, 0.4) is 0 Å². The number of carbonyl (C=O) groups excluding carboxylic acids is 1. The minimum absolute atomic E-state index is 0.0325. The molecule has 0 fully saturated rings. The number of benzene rings is 1. The van der Waals surface area contributed by atoms with Gasteiger partial charge in [0.2, 0.25) is 5.95 Å². The molecule has 1 unspecified atom stereocenters. The van der Waals surface area contributed by atoms with Crippen LogP contribution in [0.25, 0.3) is 0 Å². The van der Waals surface area contributed by atoms with E-state index in [1.165, 1.54) is 6.33 Å². The Morgan fingerprint density at radius 1 is 1.30 bits per heavy atom. The van der Waals surface area contributed by atoms with Gasteiger partial charge < -0.3 is 10.4 Å². The highest BCUT2D eigenvalue weighted by molar-refractivity contribution is 6.00. The van der Waals surface area contributed by atoms with E-state index in [0.717, 1.165) is 18.5 Å². The van der Waals surface area contributed by atoms with Gasteiger partial charge in [0.1, 0.15) is 12.4 Å². The first-order valence-corrected chi connectivity index (χ1v) is 7.42. The van der Waals surface area contributed by atoms with Crippen LogP contribution in [0.15, 0.2) is 41.9 Å². The van der Waals surface area contributed by atoms with E-state index in [2.05, 4.69) is 15.4 Å². The number of aromatic nitrogens is 3. The molecule has 1 aliphatic heterocycles. The fraction of sp³-hybridized carbons (Fsp3) is 0.250. The average molecular weight is 310 g/mol. The maximum Gasteiger partial charge on any atom is 0.336 e. The van der Waals surface area contributed by atoms with E-state index in [1.807, 2.05) is 0 Å². The number of aromatic carboxylic acids is 1. The predicted molar refractivity (Wildman–Crippen MR) is 81.1 cm³/mol. The van der Waals surface area contributed by atoms with Crippen LogP contribution in [0.4, 0.5) is 5.95 Å². The van der Waals surface area contributed by atoms with Crippen molar-refractivity contribution < 1.29 is 14.7 Å². The molecule has 0 amide bonds. The number of ketones is 1. The van der Waals surface area contributed by atoms with E-state index in [0.29, 0.717) is 23.5 Å². The normalized spacial score (nSPS) is 19.8. The van der Waals surface area contributed by atoms with E-state index < -0.39 is 12.0 Å². The number of hydrogen-bond donors (Lipinski definition) is 2. The van der Waals surface area contributed by atoms with Crippen LogP contribution in [0.5, 0.6) is 0 Å². The van der Waals surface area contributed by atoms with Crippen LogP contribution in [-0.4, -0.2) is 31.6 Å². The molecule has 0 saturated carbocycles. The van der Waals surface area contributed by atoms with Crippen LogP contribution in [-0.2, 0) is 4.79 Å². The summed E-state index contributed by atoms with van der Waals surface area (Å²) in [6.07, 6.45) is 3.41. The van der Waals surface area contributed by atoms with Crippen LogP contribution >= 0.6 is 0 Å². The lowest BCUT2D eigenvalue weighted by atomic mass is 9.84. The van der Waals surface area contributed by atoms with Crippen LogP contribution in [0.2, 0.25) is 0 Å². The van der Waals surface area contributed by atoms with Gasteiger partial charge >= 0.3 is 5.97 Å². The molecule has 1 aromatic carbocycles. The van der Waals surface area contributed by atoms with Gasteiger partial charge in [-0.25, -0.2) is 9.48 Å². The van der Waals surface area contributed by atoms with Crippen molar-refractivity contribution in [3.05, 3.63) is 53.0 Å². The number of rotatable bonds is 2. The number of allylic oxidation sites excluding steroid dienone is 2. The number of Topliss-reactive ketones (excluding diaryl/α,β-unsaturated/α-hetero) is 1. The van der Waals surface area contributed by atoms with E-state index in [9.17, 15) is 14.7 Å². The van der Waals surface area contributed by atoms with Gasteiger partial charge in [-0.15, -0.1) is 0 Å². The molecule has 0 radical (unpaired) electrons. The first-order chi connectivity index (χ1) is 11.2. The topological polar surface area (TPSA) is 97.1 Å². The summed E-state index contributed by atoms with van der Waals surface area (Å²) in [5.74, 6) is -0.458. The Morgan fingerprint density at radius 3 is 2.96 bits per heavy atom. The number of carboxylic acid groups (broad SMARTS) is 1. The lowest BCUT2D eigenvalue weighted by Crippen LogP contribution is -2.32. The summed E-state index contributed by atoms with van der Waals surface area (Å²) in [5.41, 5.74) is 2.15. The maximum absolute atomic E-state index is 12.5. The minimum Gasteiger partial charge on any atom is -0.478 e. The Morgan fingerprint density at radius 2 is 2.13 bits per heavy atom. The summed E-state index contributed by atoms with van der Waals surface area (Å²) in [7, 11) is 0. The second kappa shape index (κ2) is 5.05. The third-order valence-corrected chi connectivity index (χ3v) is 4.30. The number of carbonyl (C=O) groups is 2. The Bertz CT molecular complexity index is 853. The summed E-state index contributed by atoms with van der Waals surface area (Å²) in [6.45, 7) is 0. The fourth-order valence-corrected chi connectivity index (χ4v) is 3.31. The predicted octanol–water partition coefficient (Wildman–Crippen LogP) is 2.00. The van der Waals surface area contributed by atoms with Crippen LogP contribution in [0, 0.1) is 0 Å². The molecule has 0 saturated heterocycles. The van der Waals surface area contributed by atoms with Gasteiger partial charge in [-0.2, -0.15) is 10.1 Å². The van der Waals surface area contributed by atoms with Gasteiger partial charge in [-0.1, -0.05) is 18.2 Å². The molecule has 0 bridgehead atoms. The van der Waals surface area contributed by atoms with Crippen molar-refractivity contribution in [3.63, 3.8) is 0 Å². The number of anilines is 1. The number of carboxylic acids is 1. The molecule has 1 aromatic heterocycles. The summed E-state index contributed by atoms with van der Waals surface area (Å²) >= 11 is 0. The van der Waals surface area contributed by atoms with Gasteiger partial charge in [0, 0.05) is 17.7 Å². The molecule has 1 aliphatic carbocycles. The molecule has 2 heterocycles. The maximum atomic E-state index is 12.5. The first-order valence-electron chi connectivity index (χ1n) is 7.42. The second-order valence-corrected chi connectivity index (χ2v) is 5.62. The standard InChI is InChI=1S/C16H14N4O3/c21-12-7-3-6-11-13(12)14(20-16(19-11)17-8-18-20)9-4-1-2-5-10(9)15(22)23/h1-2,4-5,8,14H,3,6-7H2,(H,22,23)(H,17,18,19). The minimum atomic E-state index is -1.02. The highest BCUT2D eigenvalue weighted by Gasteiger charge is 2.37. The van der Waals surface area contributed by atoms with Crippen molar-refractivity contribution in [3.8, 4) is 0 Å². The molecule has 4 rings (SSSR count). The lowest BCUT2D eigenvalue weighted by Gasteiger charge is -2.32. The van der Waals surface area contributed by atoms with Crippen molar-refractivity contribution in [2.75, 3.05) is 5.32 Å². The lowest BCUT2D eigenvalue weighted by molar-refractivity contribution is -0.116. The SMILES string of the molecule is O=C1CCCC2=C1C(c1ccccc1C(=O)O)n1ncnc1N2. The van der Waals surface area contributed by atoms with E-state index in [4.69, 9.17) is 0 Å². The molecule has 116 valence electrons. The van der Waals surface area contributed by atoms with E-state index >= 15 is 0 Å². The van der Waals surface area contributed by atoms with Crippen molar-refractivity contribution in [2.45, 2.75) is 25.3 Å². The smallest absolute Gasteiger partial charge is 0.336 e. The largest absolute Gasteiger partial charge is 0.478 e. The highest BCUT2D eigenvalue weighted by atomic mass is 16.4. The van der Waals surface area contributed by atoms with Crippen LogP contribution < -0.4 is 5.32 Å². The zero-order chi connectivity index (χ0) is 16.0. The van der Waals surface area contributed by atoms with Gasteiger partial charge in [0.15, 0.2) is 5.78 Å². The summed E-state index contributed by atoms with van der Waals surface area (Å²) < 4.78 is 1.59. The van der Waals surface area contributed by atoms with Crippen molar-refractivity contribution in [1.29, 1.82) is 0 Å². The monoisotopic (exact) mass is 310 g/mol. The average Bonchev–Trinajstić information content (AvgIpc) is 3.01. The Hall–Kier alpha value is -2.96. The van der Waals surface area contributed by atoms with Crippen LogP contribution in [0.1, 0.15) is 41.2 Å². The molecule has 7 heteroatoms. The van der Waals surface area contributed by atoms with Crippen molar-refractivity contribution in [2.24, 2.45) is 0 Å². The summed E-state index contributed by atoms with van der Waals surface area (Å²) in [6, 6.07) is 6.17. The van der Waals surface area contributed by atoms with Crippen molar-refractivity contribution >= 4 is 17.7 Å². The molecular weight excluding hydrogens is 296 g/mol. The van der Waals surface area contributed by atoms with E-state index in [1.54, 1.807) is 28.9 Å². The van der Waals surface area contributed by atoms with Gasteiger partial charge in [-0.05, 0) is 24.5 Å².